The third-order valence-corrected chi connectivity index (χ3v) is 2.33. The van der Waals surface area contributed by atoms with E-state index in [-0.39, 0.29) is 11.7 Å². The summed E-state index contributed by atoms with van der Waals surface area (Å²) in [5.74, 6) is -0.151. The lowest BCUT2D eigenvalue weighted by molar-refractivity contribution is -0.137. The van der Waals surface area contributed by atoms with Crippen LogP contribution in [0.5, 0.6) is 11.5 Å². The summed E-state index contributed by atoms with van der Waals surface area (Å²) in [7, 11) is 0. The van der Waals surface area contributed by atoms with Gasteiger partial charge in [-0.15, -0.1) is 0 Å². The van der Waals surface area contributed by atoms with E-state index in [0.29, 0.717) is 18.6 Å². The number of ether oxygens (including phenoxy) is 1. The van der Waals surface area contributed by atoms with E-state index in [9.17, 15) is 9.59 Å². The van der Waals surface area contributed by atoms with Crippen molar-refractivity contribution < 1.29 is 19.4 Å². The molecule has 5 heteroatoms. The molecule has 1 aliphatic rings. The normalized spacial score (nSPS) is 19.2. The van der Waals surface area contributed by atoms with Crippen LogP contribution in [0.2, 0.25) is 0 Å². The molecule has 1 saturated heterocycles. The highest BCUT2D eigenvalue weighted by atomic mass is 16.5. The van der Waals surface area contributed by atoms with Gasteiger partial charge in [-0.3, -0.25) is 4.79 Å². The number of nitrogens with one attached hydrogen (secondary N) is 1. The van der Waals surface area contributed by atoms with Gasteiger partial charge in [-0.05, 0) is 30.7 Å². The number of benzene rings is 1. The molecule has 1 atom stereocenters. The minimum absolute atomic E-state index is 0.106. The first-order valence-corrected chi connectivity index (χ1v) is 4.95. The van der Waals surface area contributed by atoms with Crippen molar-refractivity contribution in [2.24, 2.45) is 0 Å². The average molecular weight is 221 g/mol. The van der Waals surface area contributed by atoms with Crippen molar-refractivity contribution in [3.8, 4) is 11.5 Å². The van der Waals surface area contributed by atoms with Crippen LogP contribution in [0.3, 0.4) is 0 Å². The van der Waals surface area contributed by atoms with Crippen molar-refractivity contribution in [3.63, 3.8) is 0 Å². The first-order valence-electron chi connectivity index (χ1n) is 4.95. The second kappa shape index (κ2) is 4.22. The van der Waals surface area contributed by atoms with Crippen LogP contribution in [0.15, 0.2) is 24.3 Å². The Hall–Kier alpha value is -2.04. The summed E-state index contributed by atoms with van der Waals surface area (Å²) in [5.41, 5.74) is 0. The zero-order chi connectivity index (χ0) is 11.5. The second-order valence-electron chi connectivity index (χ2n) is 3.57. The number of aromatic hydroxyl groups is 1. The summed E-state index contributed by atoms with van der Waals surface area (Å²) in [5, 5.41) is 11.6. The zero-order valence-electron chi connectivity index (χ0n) is 8.47. The average Bonchev–Trinajstić information content (AvgIpc) is 2.68. The van der Waals surface area contributed by atoms with Gasteiger partial charge in [-0.2, -0.15) is 0 Å². The van der Waals surface area contributed by atoms with E-state index in [1.165, 1.54) is 24.3 Å². The molecule has 0 aliphatic carbocycles. The molecule has 1 aromatic carbocycles. The fraction of sp³-hybridized carbons (Fsp3) is 0.273. The molecule has 1 fully saturated rings. The van der Waals surface area contributed by atoms with Crippen LogP contribution in [0, 0.1) is 0 Å². The Bertz CT molecular complexity index is 412. The quantitative estimate of drug-likeness (QED) is 0.565. The fourth-order valence-corrected chi connectivity index (χ4v) is 1.49. The number of carbonyl (C=O) groups is 2. The fourth-order valence-electron chi connectivity index (χ4n) is 1.49. The minimum atomic E-state index is -0.554. The largest absolute Gasteiger partial charge is 0.508 e. The number of carbonyl (C=O) groups excluding carboxylic acids is 2. The molecular formula is C11H11NO4. The highest BCUT2D eigenvalue weighted by molar-refractivity contribution is 5.88. The van der Waals surface area contributed by atoms with Crippen LogP contribution >= 0.6 is 0 Å². The van der Waals surface area contributed by atoms with Crippen LogP contribution in [0.1, 0.15) is 12.8 Å². The van der Waals surface area contributed by atoms with E-state index >= 15 is 0 Å². The standard InChI is InChI=1S/C11H11NO4/c13-7-1-3-8(4-2-7)16-11(15)9-5-6-10(14)12-9/h1-4,9,13H,5-6H2,(H,12,14). The van der Waals surface area contributed by atoms with Crippen LogP contribution in [0.4, 0.5) is 0 Å². The molecule has 84 valence electrons. The number of hydrogen-bond donors (Lipinski definition) is 2. The van der Waals surface area contributed by atoms with Crippen LogP contribution < -0.4 is 10.1 Å². The van der Waals surface area contributed by atoms with Crippen LogP contribution in [0.25, 0.3) is 0 Å². The highest BCUT2D eigenvalue weighted by Crippen LogP contribution is 2.17. The molecule has 1 heterocycles. The summed E-state index contributed by atoms with van der Waals surface area (Å²) in [4.78, 5) is 22.4. The first kappa shape index (κ1) is 10.5. The van der Waals surface area contributed by atoms with Gasteiger partial charge in [0.2, 0.25) is 5.91 Å². The van der Waals surface area contributed by atoms with Crippen LogP contribution in [-0.2, 0) is 9.59 Å². The Balaban J connectivity index is 1.97. The lowest BCUT2D eigenvalue weighted by atomic mass is 10.2. The van der Waals surface area contributed by atoms with Gasteiger partial charge in [0.25, 0.3) is 0 Å². The van der Waals surface area contributed by atoms with Gasteiger partial charge in [0.1, 0.15) is 17.5 Å². The van der Waals surface area contributed by atoms with Crippen molar-refractivity contribution >= 4 is 11.9 Å². The van der Waals surface area contributed by atoms with Gasteiger partial charge >= 0.3 is 5.97 Å². The number of hydrogen-bond acceptors (Lipinski definition) is 4. The molecule has 2 N–H and O–H groups in total. The summed E-state index contributed by atoms with van der Waals surface area (Å²) >= 11 is 0. The van der Waals surface area contributed by atoms with E-state index in [1.807, 2.05) is 0 Å². The minimum Gasteiger partial charge on any atom is -0.508 e. The molecule has 1 amide bonds. The Morgan fingerprint density at radius 2 is 2.06 bits per heavy atom. The summed E-state index contributed by atoms with van der Waals surface area (Å²) in [6.07, 6.45) is 0.824. The Kier molecular flexibility index (Phi) is 2.76. The van der Waals surface area contributed by atoms with E-state index in [1.54, 1.807) is 0 Å². The first-order chi connectivity index (χ1) is 7.65. The van der Waals surface area contributed by atoms with Crippen molar-refractivity contribution in [2.75, 3.05) is 0 Å². The molecular weight excluding hydrogens is 210 g/mol. The monoisotopic (exact) mass is 221 g/mol. The van der Waals surface area contributed by atoms with Crippen molar-refractivity contribution in [3.05, 3.63) is 24.3 Å². The molecule has 2 rings (SSSR count). The SMILES string of the molecule is O=C1CCC(C(=O)Oc2ccc(O)cc2)N1. The smallest absolute Gasteiger partial charge is 0.334 e. The van der Waals surface area contributed by atoms with Gasteiger partial charge < -0.3 is 15.2 Å². The molecule has 0 radical (unpaired) electrons. The van der Waals surface area contributed by atoms with Crippen LogP contribution in [-0.4, -0.2) is 23.0 Å². The second-order valence-corrected chi connectivity index (χ2v) is 3.57. The predicted octanol–water partition coefficient (Wildman–Crippen LogP) is 0.576. The molecule has 0 saturated carbocycles. The van der Waals surface area contributed by atoms with Crippen molar-refractivity contribution in [1.82, 2.24) is 5.32 Å². The van der Waals surface area contributed by atoms with E-state index in [2.05, 4.69) is 5.32 Å². The van der Waals surface area contributed by atoms with Crippen molar-refractivity contribution in [2.45, 2.75) is 18.9 Å². The lowest BCUT2D eigenvalue weighted by Gasteiger charge is -2.09. The van der Waals surface area contributed by atoms with Gasteiger partial charge in [0, 0.05) is 6.42 Å². The Morgan fingerprint density at radius 1 is 1.38 bits per heavy atom. The highest BCUT2D eigenvalue weighted by Gasteiger charge is 2.28. The topological polar surface area (TPSA) is 75.6 Å². The van der Waals surface area contributed by atoms with Gasteiger partial charge in [0.15, 0.2) is 0 Å². The van der Waals surface area contributed by atoms with E-state index in [0.717, 1.165) is 0 Å². The number of phenols is 1. The maximum Gasteiger partial charge on any atom is 0.334 e. The molecule has 5 nitrogen and oxygen atoms in total. The molecule has 1 unspecified atom stereocenters. The lowest BCUT2D eigenvalue weighted by Crippen LogP contribution is -2.36. The molecule has 0 aromatic heterocycles. The summed E-state index contributed by atoms with van der Waals surface area (Å²) < 4.78 is 5.04. The van der Waals surface area contributed by atoms with Gasteiger partial charge in [0.05, 0.1) is 0 Å². The van der Waals surface area contributed by atoms with E-state index in [4.69, 9.17) is 9.84 Å². The summed E-state index contributed by atoms with van der Waals surface area (Å²) in [6, 6.07) is 5.28. The number of phenolic OH excluding ortho intramolecular Hbond substituents is 1. The number of amides is 1. The molecule has 1 aromatic rings. The zero-order valence-corrected chi connectivity index (χ0v) is 8.47. The van der Waals surface area contributed by atoms with Gasteiger partial charge in [-0.1, -0.05) is 0 Å². The predicted molar refractivity (Wildman–Crippen MR) is 54.9 cm³/mol. The van der Waals surface area contributed by atoms with Crippen molar-refractivity contribution in [1.29, 1.82) is 0 Å². The number of esters is 1. The number of rotatable bonds is 2. The molecule has 0 spiro atoms. The molecule has 16 heavy (non-hydrogen) atoms. The third-order valence-electron chi connectivity index (χ3n) is 2.33. The maximum absolute atomic E-state index is 11.5. The molecule has 1 aliphatic heterocycles. The third kappa shape index (κ3) is 2.31. The Labute approximate surface area is 92.0 Å². The van der Waals surface area contributed by atoms with E-state index < -0.39 is 12.0 Å². The summed E-state index contributed by atoms with van der Waals surface area (Å²) in [6.45, 7) is 0. The molecule has 0 bridgehead atoms. The Morgan fingerprint density at radius 3 is 2.62 bits per heavy atom. The maximum atomic E-state index is 11.5. The van der Waals surface area contributed by atoms with Gasteiger partial charge in [-0.25, -0.2) is 4.79 Å².